The fourth-order valence-corrected chi connectivity index (χ4v) is 2.60. The molecule has 3 heterocycles. The van der Waals surface area contributed by atoms with E-state index in [1.807, 2.05) is 6.07 Å². The summed E-state index contributed by atoms with van der Waals surface area (Å²) < 4.78 is 13.1. The van der Waals surface area contributed by atoms with E-state index in [1.165, 1.54) is 12.1 Å². The van der Waals surface area contributed by atoms with Crippen molar-refractivity contribution < 1.29 is 9.18 Å². The molecule has 1 atom stereocenters. The average Bonchev–Trinajstić information content (AvgIpc) is 3.01. The van der Waals surface area contributed by atoms with Crippen LogP contribution in [-0.2, 0) is 0 Å². The van der Waals surface area contributed by atoms with E-state index >= 15 is 0 Å². The molecule has 3 rings (SSSR count). The van der Waals surface area contributed by atoms with Gasteiger partial charge in [0.15, 0.2) is 0 Å². The third-order valence-corrected chi connectivity index (χ3v) is 3.60. The molecule has 1 aliphatic rings. The molecule has 2 aromatic heterocycles. The Hall–Kier alpha value is -2.24. The summed E-state index contributed by atoms with van der Waals surface area (Å²) in [4.78, 5) is 17.7. The first-order valence-corrected chi connectivity index (χ1v) is 6.65. The minimum Gasteiger partial charge on any atom is -0.337 e. The zero-order chi connectivity index (χ0) is 13.9. The normalized spacial score (nSPS) is 19.1. The molecule has 0 saturated carbocycles. The van der Waals surface area contributed by atoms with Crippen molar-refractivity contribution in [1.29, 1.82) is 0 Å². The number of carbonyl (C=O) groups excluding carboxylic acids is 1. The van der Waals surface area contributed by atoms with E-state index in [-0.39, 0.29) is 17.5 Å². The number of amides is 1. The van der Waals surface area contributed by atoms with Crippen molar-refractivity contribution in [2.45, 2.75) is 18.8 Å². The third kappa shape index (κ3) is 2.54. The van der Waals surface area contributed by atoms with Gasteiger partial charge in [-0.05, 0) is 31.0 Å². The molecule has 1 N–H and O–H groups in total. The highest BCUT2D eigenvalue weighted by Gasteiger charge is 2.26. The van der Waals surface area contributed by atoms with Gasteiger partial charge >= 0.3 is 0 Å². The molecule has 5 nitrogen and oxygen atoms in total. The summed E-state index contributed by atoms with van der Waals surface area (Å²) in [5.41, 5.74) is 1.20. The van der Waals surface area contributed by atoms with Crippen LogP contribution in [0.5, 0.6) is 0 Å². The van der Waals surface area contributed by atoms with Crippen molar-refractivity contribution in [2.24, 2.45) is 0 Å². The highest BCUT2D eigenvalue weighted by atomic mass is 19.1. The molecule has 6 heteroatoms. The zero-order valence-electron chi connectivity index (χ0n) is 10.9. The van der Waals surface area contributed by atoms with Gasteiger partial charge in [-0.3, -0.25) is 9.89 Å². The van der Waals surface area contributed by atoms with Gasteiger partial charge < -0.3 is 4.90 Å². The summed E-state index contributed by atoms with van der Waals surface area (Å²) in [5, 5.41) is 6.90. The topological polar surface area (TPSA) is 61.9 Å². The third-order valence-electron chi connectivity index (χ3n) is 3.60. The van der Waals surface area contributed by atoms with Gasteiger partial charge in [0.05, 0.1) is 0 Å². The molecular weight excluding hydrogens is 259 g/mol. The number of aromatic amines is 1. The second-order valence-corrected chi connectivity index (χ2v) is 4.95. The van der Waals surface area contributed by atoms with Crippen molar-refractivity contribution in [1.82, 2.24) is 20.1 Å². The van der Waals surface area contributed by atoms with Crippen LogP contribution in [0.15, 0.2) is 30.5 Å². The monoisotopic (exact) mass is 274 g/mol. The zero-order valence-corrected chi connectivity index (χ0v) is 10.9. The number of pyridine rings is 1. The van der Waals surface area contributed by atoms with Gasteiger partial charge in [-0.25, -0.2) is 4.98 Å². The molecule has 0 aliphatic carbocycles. The van der Waals surface area contributed by atoms with E-state index in [0.29, 0.717) is 13.1 Å². The van der Waals surface area contributed by atoms with Crippen LogP contribution < -0.4 is 0 Å². The Labute approximate surface area is 115 Å². The van der Waals surface area contributed by atoms with Crippen molar-refractivity contribution in [2.75, 3.05) is 13.1 Å². The first kappa shape index (κ1) is 12.8. The number of carbonyl (C=O) groups is 1. The Bertz CT molecular complexity index is 599. The minimum absolute atomic E-state index is 0.162. The van der Waals surface area contributed by atoms with E-state index in [1.54, 1.807) is 17.2 Å². The number of likely N-dealkylation sites (tertiary alicyclic amines) is 1. The van der Waals surface area contributed by atoms with E-state index in [9.17, 15) is 9.18 Å². The predicted molar refractivity (Wildman–Crippen MR) is 70.7 cm³/mol. The van der Waals surface area contributed by atoms with Gasteiger partial charge in [-0.15, -0.1) is 0 Å². The number of hydrogen-bond acceptors (Lipinski definition) is 3. The van der Waals surface area contributed by atoms with Crippen molar-refractivity contribution in [3.05, 3.63) is 47.8 Å². The van der Waals surface area contributed by atoms with Crippen LogP contribution in [0, 0.1) is 5.95 Å². The minimum atomic E-state index is -0.627. The SMILES string of the molecule is O=C(c1cccc(F)n1)N1CCCC(c2ccn[nH]2)C1. The van der Waals surface area contributed by atoms with Crippen molar-refractivity contribution in [3.63, 3.8) is 0 Å². The van der Waals surface area contributed by atoms with Crippen LogP contribution in [0.3, 0.4) is 0 Å². The lowest BCUT2D eigenvalue weighted by atomic mass is 9.95. The molecule has 2 aromatic rings. The Morgan fingerprint density at radius 1 is 1.40 bits per heavy atom. The fourth-order valence-electron chi connectivity index (χ4n) is 2.60. The number of nitrogens with one attached hydrogen (secondary N) is 1. The van der Waals surface area contributed by atoms with Gasteiger partial charge in [-0.1, -0.05) is 6.07 Å². The van der Waals surface area contributed by atoms with E-state index in [4.69, 9.17) is 0 Å². The number of hydrogen-bond donors (Lipinski definition) is 1. The average molecular weight is 274 g/mol. The molecule has 104 valence electrons. The predicted octanol–water partition coefficient (Wildman–Crippen LogP) is 1.96. The van der Waals surface area contributed by atoms with Crippen LogP contribution in [0.4, 0.5) is 4.39 Å². The maximum absolute atomic E-state index is 13.1. The second-order valence-electron chi connectivity index (χ2n) is 4.95. The number of nitrogens with zero attached hydrogens (tertiary/aromatic N) is 3. The summed E-state index contributed by atoms with van der Waals surface area (Å²) in [5.74, 6) is -0.588. The standard InChI is InChI=1S/C14H15FN4O/c15-13-5-1-4-12(17-13)14(20)19-8-2-3-10(9-19)11-6-7-16-18-11/h1,4-7,10H,2-3,8-9H2,(H,16,18). The highest BCUT2D eigenvalue weighted by molar-refractivity contribution is 5.92. The fraction of sp³-hybridized carbons (Fsp3) is 0.357. The molecule has 1 amide bonds. The Morgan fingerprint density at radius 3 is 3.05 bits per heavy atom. The molecule has 0 spiro atoms. The van der Waals surface area contributed by atoms with Crippen LogP contribution in [0.25, 0.3) is 0 Å². The molecule has 20 heavy (non-hydrogen) atoms. The number of aromatic nitrogens is 3. The molecule has 1 unspecified atom stereocenters. The molecule has 1 fully saturated rings. The first-order valence-electron chi connectivity index (χ1n) is 6.65. The largest absolute Gasteiger partial charge is 0.337 e. The first-order chi connectivity index (χ1) is 9.74. The molecule has 0 bridgehead atoms. The summed E-state index contributed by atoms with van der Waals surface area (Å²) in [7, 11) is 0. The van der Waals surface area contributed by atoms with E-state index < -0.39 is 5.95 Å². The lowest BCUT2D eigenvalue weighted by Crippen LogP contribution is -2.39. The molecular formula is C14H15FN4O. The van der Waals surface area contributed by atoms with Crippen LogP contribution in [0.1, 0.15) is 34.9 Å². The summed E-state index contributed by atoms with van der Waals surface area (Å²) in [6.45, 7) is 1.29. The summed E-state index contributed by atoms with van der Waals surface area (Å²) in [6, 6.07) is 6.22. The number of rotatable bonds is 2. The van der Waals surface area contributed by atoms with Crippen LogP contribution >= 0.6 is 0 Å². The van der Waals surface area contributed by atoms with Gasteiger partial charge in [0, 0.05) is 30.9 Å². The van der Waals surface area contributed by atoms with Gasteiger partial charge in [0.2, 0.25) is 5.95 Å². The smallest absolute Gasteiger partial charge is 0.272 e. The maximum atomic E-state index is 13.1. The number of H-pyrrole nitrogens is 1. The Balaban J connectivity index is 1.75. The maximum Gasteiger partial charge on any atom is 0.272 e. The van der Waals surface area contributed by atoms with Gasteiger partial charge in [0.1, 0.15) is 5.69 Å². The van der Waals surface area contributed by atoms with E-state index in [0.717, 1.165) is 18.5 Å². The summed E-state index contributed by atoms with van der Waals surface area (Å²) >= 11 is 0. The van der Waals surface area contributed by atoms with Crippen LogP contribution in [0.2, 0.25) is 0 Å². The van der Waals surface area contributed by atoms with Gasteiger partial charge in [-0.2, -0.15) is 9.49 Å². The second kappa shape index (κ2) is 5.40. The molecule has 0 aromatic carbocycles. The van der Waals surface area contributed by atoms with Gasteiger partial charge in [0.25, 0.3) is 5.91 Å². The Kier molecular flexibility index (Phi) is 3.45. The lowest BCUT2D eigenvalue weighted by Gasteiger charge is -2.32. The number of halogens is 1. The van der Waals surface area contributed by atoms with Crippen LogP contribution in [-0.4, -0.2) is 39.1 Å². The molecule has 1 saturated heterocycles. The quantitative estimate of drug-likeness (QED) is 0.852. The highest BCUT2D eigenvalue weighted by Crippen LogP contribution is 2.25. The van der Waals surface area contributed by atoms with Crippen molar-refractivity contribution >= 4 is 5.91 Å². The Morgan fingerprint density at radius 2 is 2.30 bits per heavy atom. The lowest BCUT2D eigenvalue weighted by molar-refractivity contribution is 0.0698. The molecule has 0 radical (unpaired) electrons. The molecule has 1 aliphatic heterocycles. The number of piperidine rings is 1. The summed E-state index contributed by atoms with van der Waals surface area (Å²) in [6.07, 6.45) is 3.65. The van der Waals surface area contributed by atoms with E-state index in [2.05, 4.69) is 15.2 Å². The van der Waals surface area contributed by atoms with Crippen molar-refractivity contribution in [3.8, 4) is 0 Å².